The molecular weight excluding hydrogens is 408 g/mol. The second-order valence-corrected chi connectivity index (χ2v) is 10.0. The monoisotopic (exact) mass is 442 g/mol. The second kappa shape index (κ2) is 10.2. The molecule has 6 nitrogen and oxygen atoms in total. The summed E-state index contributed by atoms with van der Waals surface area (Å²) in [5.41, 5.74) is 4.24. The quantitative estimate of drug-likeness (QED) is 0.690. The minimum Gasteiger partial charge on any atom is -0.376 e. The number of carbonyl (C=O) groups excluding carboxylic acids is 1. The number of pyridine rings is 1. The summed E-state index contributed by atoms with van der Waals surface area (Å²) in [4.78, 5) is 22.0. The predicted octanol–water partition coefficient (Wildman–Crippen LogP) is 3.86. The summed E-state index contributed by atoms with van der Waals surface area (Å²) in [6.45, 7) is 5.52. The molecule has 3 heterocycles. The van der Waals surface area contributed by atoms with Gasteiger partial charge in [0.25, 0.3) is 0 Å². The molecule has 1 atom stereocenters. The lowest BCUT2D eigenvalue weighted by atomic mass is 9.82. The number of amides is 1. The van der Waals surface area contributed by atoms with Crippen LogP contribution in [0.5, 0.6) is 0 Å². The zero-order chi connectivity index (χ0) is 21.8. The van der Waals surface area contributed by atoms with Crippen molar-refractivity contribution >= 4 is 23.5 Å². The molecule has 0 spiro atoms. The number of anilines is 1. The van der Waals surface area contributed by atoms with Gasteiger partial charge in [0, 0.05) is 49.3 Å². The third-order valence-corrected chi connectivity index (χ3v) is 7.65. The Morgan fingerprint density at radius 1 is 1.26 bits per heavy atom. The van der Waals surface area contributed by atoms with Crippen LogP contribution in [0.4, 0.5) is 5.82 Å². The summed E-state index contributed by atoms with van der Waals surface area (Å²) in [7, 11) is 0. The lowest BCUT2D eigenvalue weighted by molar-refractivity contribution is -0.133. The molecule has 1 aromatic rings. The second-order valence-electron chi connectivity index (χ2n) is 9.03. The molecule has 1 saturated heterocycles. The number of ether oxygens (including phenoxy) is 1. The van der Waals surface area contributed by atoms with E-state index in [0.29, 0.717) is 32.1 Å². The molecule has 2 aliphatic heterocycles. The van der Waals surface area contributed by atoms with Crippen LogP contribution < -0.4 is 4.90 Å². The summed E-state index contributed by atoms with van der Waals surface area (Å²) in [5.74, 6) is 2.42. The van der Waals surface area contributed by atoms with Gasteiger partial charge in [-0.1, -0.05) is 19.3 Å². The van der Waals surface area contributed by atoms with Gasteiger partial charge in [-0.25, -0.2) is 4.98 Å². The average Bonchev–Trinajstić information content (AvgIpc) is 2.81. The SMILES string of the molecule is CSCCC(=O)N1CCN(c2nc(C3CCCCC3)c3c(c2C#N)CCOC3)CC1C. The van der Waals surface area contributed by atoms with Crippen molar-refractivity contribution in [3.05, 3.63) is 22.4 Å². The maximum absolute atomic E-state index is 12.6. The smallest absolute Gasteiger partial charge is 0.223 e. The number of thioether (sulfide) groups is 1. The van der Waals surface area contributed by atoms with Crippen LogP contribution in [0.3, 0.4) is 0 Å². The first-order valence-corrected chi connectivity index (χ1v) is 13.1. The Bertz CT molecular complexity index is 847. The van der Waals surface area contributed by atoms with Crippen molar-refractivity contribution in [2.75, 3.05) is 43.1 Å². The number of rotatable bonds is 5. The predicted molar refractivity (Wildman–Crippen MR) is 125 cm³/mol. The molecule has 1 amide bonds. The van der Waals surface area contributed by atoms with Crippen LogP contribution in [0, 0.1) is 11.3 Å². The molecule has 168 valence electrons. The Kier molecular flexibility index (Phi) is 7.39. The van der Waals surface area contributed by atoms with Crippen LogP contribution in [-0.4, -0.2) is 60.1 Å². The van der Waals surface area contributed by atoms with E-state index >= 15 is 0 Å². The van der Waals surface area contributed by atoms with Gasteiger partial charge in [-0.2, -0.15) is 17.0 Å². The minimum atomic E-state index is 0.119. The van der Waals surface area contributed by atoms with E-state index in [-0.39, 0.29) is 11.9 Å². The summed E-state index contributed by atoms with van der Waals surface area (Å²) < 4.78 is 5.79. The largest absolute Gasteiger partial charge is 0.376 e. The van der Waals surface area contributed by atoms with E-state index in [0.717, 1.165) is 42.2 Å². The lowest BCUT2D eigenvalue weighted by Gasteiger charge is -2.41. The fraction of sp³-hybridized carbons (Fsp3) is 0.708. The van der Waals surface area contributed by atoms with E-state index in [4.69, 9.17) is 9.72 Å². The Labute approximate surface area is 190 Å². The van der Waals surface area contributed by atoms with E-state index in [2.05, 4.69) is 17.9 Å². The highest BCUT2D eigenvalue weighted by molar-refractivity contribution is 7.98. The zero-order valence-electron chi connectivity index (χ0n) is 18.9. The van der Waals surface area contributed by atoms with Gasteiger partial charge in [-0.15, -0.1) is 0 Å². The standard InChI is InChI=1S/C24H34N4O2S/c1-17-15-27(10-11-28(17)22(29)9-13-31-2)24-20(14-25)19-8-12-30-16-21(19)23(26-24)18-6-4-3-5-7-18/h17-18H,3-13,15-16H2,1-2H3. The van der Waals surface area contributed by atoms with Gasteiger partial charge >= 0.3 is 0 Å². The van der Waals surface area contributed by atoms with Gasteiger partial charge in [0.15, 0.2) is 0 Å². The molecule has 0 N–H and O–H groups in total. The van der Waals surface area contributed by atoms with E-state index in [1.54, 1.807) is 11.8 Å². The maximum atomic E-state index is 12.6. The molecular formula is C24H34N4O2S. The highest BCUT2D eigenvalue weighted by atomic mass is 32.2. The molecule has 1 aromatic heterocycles. The molecule has 0 aromatic carbocycles. The first kappa shape index (κ1) is 22.4. The zero-order valence-corrected chi connectivity index (χ0v) is 19.7. The molecule has 31 heavy (non-hydrogen) atoms. The number of fused-ring (bicyclic) bond motifs is 1. The number of nitriles is 1. The third kappa shape index (κ3) is 4.70. The van der Waals surface area contributed by atoms with Gasteiger partial charge < -0.3 is 14.5 Å². The first-order valence-electron chi connectivity index (χ1n) is 11.7. The van der Waals surface area contributed by atoms with Crippen LogP contribution in [0.25, 0.3) is 0 Å². The van der Waals surface area contributed by atoms with E-state index in [1.165, 1.54) is 43.4 Å². The van der Waals surface area contributed by atoms with Crippen LogP contribution in [0.1, 0.15) is 73.8 Å². The Morgan fingerprint density at radius 2 is 2.06 bits per heavy atom. The fourth-order valence-corrected chi connectivity index (χ4v) is 5.76. The molecule has 1 aliphatic carbocycles. The highest BCUT2D eigenvalue weighted by Crippen LogP contribution is 2.39. The van der Waals surface area contributed by atoms with Crippen LogP contribution >= 0.6 is 11.8 Å². The normalized spacial score (nSPS) is 22.2. The van der Waals surface area contributed by atoms with Gasteiger partial charge in [0.2, 0.25) is 5.91 Å². The van der Waals surface area contributed by atoms with Crippen molar-refractivity contribution in [2.24, 2.45) is 0 Å². The van der Waals surface area contributed by atoms with Crippen molar-refractivity contribution < 1.29 is 9.53 Å². The summed E-state index contributed by atoms with van der Waals surface area (Å²) in [6, 6.07) is 2.60. The summed E-state index contributed by atoms with van der Waals surface area (Å²) >= 11 is 1.71. The molecule has 3 aliphatic rings. The maximum Gasteiger partial charge on any atom is 0.223 e. The lowest BCUT2D eigenvalue weighted by Crippen LogP contribution is -2.54. The number of nitrogens with zero attached hydrogens (tertiary/aromatic N) is 4. The van der Waals surface area contributed by atoms with Gasteiger partial charge in [-0.3, -0.25) is 4.79 Å². The van der Waals surface area contributed by atoms with Gasteiger partial charge in [0.05, 0.1) is 24.5 Å². The van der Waals surface area contributed by atoms with Crippen molar-refractivity contribution in [2.45, 2.75) is 70.4 Å². The van der Waals surface area contributed by atoms with Crippen molar-refractivity contribution in [1.82, 2.24) is 9.88 Å². The number of carbonyl (C=O) groups is 1. The first-order chi connectivity index (χ1) is 15.1. The highest BCUT2D eigenvalue weighted by Gasteiger charge is 2.33. The molecule has 1 saturated carbocycles. The summed E-state index contributed by atoms with van der Waals surface area (Å²) in [5, 5.41) is 10.1. The van der Waals surface area contributed by atoms with Crippen molar-refractivity contribution in [3.8, 4) is 6.07 Å². The van der Waals surface area contributed by atoms with Crippen LogP contribution in [0.15, 0.2) is 0 Å². The minimum absolute atomic E-state index is 0.119. The molecule has 7 heteroatoms. The topological polar surface area (TPSA) is 69.5 Å². The van der Waals surface area contributed by atoms with Gasteiger partial charge in [-0.05, 0) is 38.0 Å². The number of aromatic nitrogens is 1. The number of hydrogen-bond acceptors (Lipinski definition) is 6. The van der Waals surface area contributed by atoms with Crippen LogP contribution in [0.2, 0.25) is 0 Å². The Balaban J connectivity index is 1.63. The average molecular weight is 443 g/mol. The van der Waals surface area contributed by atoms with Gasteiger partial charge in [0.1, 0.15) is 11.9 Å². The van der Waals surface area contributed by atoms with Crippen molar-refractivity contribution in [1.29, 1.82) is 5.26 Å². The third-order valence-electron chi connectivity index (χ3n) is 7.04. The fourth-order valence-electron chi connectivity index (χ4n) is 5.38. The van der Waals surface area contributed by atoms with E-state index < -0.39 is 0 Å². The number of hydrogen-bond donors (Lipinski definition) is 0. The van der Waals surface area contributed by atoms with Crippen molar-refractivity contribution in [3.63, 3.8) is 0 Å². The molecule has 4 rings (SSSR count). The van der Waals surface area contributed by atoms with E-state index in [1.807, 2.05) is 11.2 Å². The van der Waals surface area contributed by atoms with Crippen LogP contribution in [-0.2, 0) is 22.6 Å². The Morgan fingerprint density at radius 3 is 2.77 bits per heavy atom. The molecule has 0 bridgehead atoms. The molecule has 1 unspecified atom stereocenters. The number of piperazine rings is 1. The molecule has 0 radical (unpaired) electrons. The Hall–Kier alpha value is -1.78. The van der Waals surface area contributed by atoms with E-state index in [9.17, 15) is 10.1 Å². The molecule has 2 fully saturated rings. The summed E-state index contributed by atoms with van der Waals surface area (Å²) in [6.07, 6.45) is 9.60.